The lowest BCUT2D eigenvalue weighted by Crippen LogP contribution is -2.24. The zero-order valence-electron chi connectivity index (χ0n) is 44.8. The van der Waals surface area contributed by atoms with Gasteiger partial charge in [-0.25, -0.2) is 0 Å². The summed E-state index contributed by atoms with van der Waals surface area (Å²) >= 11 is 0. The second kappa shape index (κ2) is 14.3. The van der Waals surface area contributed by atoms with Crippen LogP contribution in [0.2, 0.25) is 0 Å². The summed E-state index contributed by atoms with van der Waals surface area (Å²) in [4.78, 5) is 63.8. The number of benzene rings is 5. The molecule has 0 atom stereocenters. The molecule has 0 saturated carbocycles. The van der Waals surface area contributed by atoms with Crippen molar-refractivity contribution in [2.75, 3.05) is 14.1 Å². The summed E-state index contributed by atoms with van der Waals surface area (Å²) in [5, 5.41) is 0. The van der Waals surface area contributed by atoms with Gasteiger partial charge in [0.1, 0.15) is 11.5 Å². The molecule has 7 rings (SSSR count). The maximum atomic E-state index is 13.3. The molecular weight excluding hydrogens is 616 g/mol. The fourth-order valence-electron chi connectivity index (χ4n) is 4.03. The third kappa shape index (κ3) is 7.55. The van der Waals surface area contributed by atoms with Crippen molar-refractivity contribution in [3.8, 4) is 11.5 Å². The Bertz CT molecular complexity index is 2790. The molecule has 8 heteroatoms. The number of ketones is 1. The summed E-state index contributed by atoms with van der Waals surface area (Å²) in [6.45, 7) is 6.10. The molecule has 0 bridgehead atoms. The van der Waals surface area contributed by atoms with Gasteiger partial charge in [-0.05, 0) is 76.0 Å². The second-order valence-corrected chi connectivity index (χ2v) is 10.4. The minimum Gasteiger partial charge on any atom is -0.457 e. The van der Waals surface area contributed by atoms with Gasteiger partial charge in [0.2, 0.25) is 0 Å². The highest BCUT2D eigenvalue weighted by atomic mass is 16.5. The summed E-state index contributed by atoms with van der Waals surface area (Å²) in [5.74, 6) is -5.87. The second-order valence-electron chi connectivity index (χ2n) is 10.4. The number of imide groups is 2. The number of carbonyl (C=O) groups excluding carboxylic acids is 5. The monoisotopic (exact) mass is 670 g/mol. The number of fused-ring (bicyclic) bond motifs is 2. The number of carbonyl (C=O) groups is 5. The van der Waals surface area contributed by atoms with E-state index >= 15 is 0 Å². The van der Waals surface area contributed by atoms with Gasteiger partial charge in [-0.15, -0.1) is 0 Å². The van der Waals surface area contributed by atoms with Crippen molar-refractivity contribution in [3.05, 3.63) is 164 Å². The molecule has 2 aliphatic rings. The number of amides is 4. The van der Waals surface area contributed by atoms with Crippen LogP contribution >= 0.6 is 0 Å². The molecular formula is C41H36N2O6. The van der Waals surface area contributed by atoms with Crippen molar-refractivity contribution in [3.63, 3.8) is 0 Å². The smallest absolute Gasteiger partial charge is 0.261 e. The topological polar surface area (TPSA) is 101 Å². The van der Waals surface area contributed by atoms with Crippen LogP contribution in [0.4, 0.5) is 0 Å². The normalized spacial score (nSPS) is 18.0. The summed E-state index contributed by atoms with van der Waals surface area (Å²) in [6.07, 6.45) is 0. The highest BCUT2D eigenvalue weighted by Gasteiger charge is 2.35. The third-order valence-corrected chi connectivity index (χ3v) is 6.69. The van der Waals surface area contributed by atoms with E-state index in [-0.39, 0.29) is 59.5 Å². The first kappa shape index (κ1) is 17.8. The van der Waals surface area contributed by atoms with Gasteiger partial charge in [0.25, 0.3) is 23.6 Å². The molecule has 0 unspecified atom stereocenters. The molecule has 0 aliphatic carbocycles. The van der Waals surface area contributed by atoms with Crippen LogP contribution < -0.4 is 4.74 Å². The quantitative estimate of drug-likeness (QED) is 0.143. The fourth-order valence-corrected chi connectivity index (χ4v) is 4.03. The van der Waals surface area contributed by atoms with Crippen molar-refractivity contribution >= 4 is 29.4 Å². The molecule has 0 radical (unpaired) electrons. The first-order valence-electron chi connectivity index (χ1n) is 23.2. The van der Waals surface area contributed by atoms with Gasteiger partial charge < -0.3 is 4.74 Å². The molecule has 2 aliphatic heterocycles. The Labute approximate surface area is 310 Å². The highest BCUT2D eigenvalue weighted by Crippen LogP contribution is 2.27. The van der Waals surface area contributed by atoms with E-state index in [1.807, 2.05) is 0 Å². The number of ether oxygens (including phenoxy) is 1. The van der Waals surface area contributed by atoms with Crippen LogP contribution in [0.5, 0.6) is 11.5 Å². The van der Waals surface area contributed by atoms with E-state index < -0.39 is 135 Å². The first-order valence-corrected chi connectivity index (χ1v) is 14.2. The van der Waals surface area contributed by atoms with E-state index in [0.29, 0.717) is 20.9 Å². The fraction of sp³-hybridized carbons (Fsp3) is 0.146. The zero-order chi connectivity index (χ0) is 51.1. The first-order chi connectivity index (χ1) is 30.9. The largest absolute Gasteiger partial charge is 0.457 e. The summed E-state index contributed by atoms with van der Waals surface area (Å²) in [5.41, 5.74) is -2.61. The van der Waals surface area contributed by atoms with Crippen LogP contribution in [0, 0.1) is 27.7 Å². The van der Waals surface area contributed by atoms with E-state index in [9.17, 15) is 24.0 Å². The van der Waals surface area contributed by atoms with Gasteiger partial charge in [-0.2, -0.15) is 0 Å². The lowest BCUT2D eigenvalue weighted by atomic mass is 9.96. The van der Waals surface area contributed by atoms with Crippen molar-refractivity contribution in [1.82, 2.24) is 9.80 Å². The Hall–Kier alpha value is -6.15. The molecule has 2 heterocycles. The molecule has 5 aromatic carbocycles. The van der Waals surface area contributed by atoms with E-state index in [1.54, 1.807) is 13.8 Å². The Morgan fingerprint density at radius 1 is 0.469 bits per heavy atom. The SMILES string of the molecule is [2H]c1c([2H])c(C)c([2H])c([2H])c1C.[2H]c1c([2H])c(Oc2c([2H])c([2H])c(C)c([2H])c2[2H])c([2H])c([2H])c1C.[2H]c1c([2H])c2c(c([2H])c1C(=O)c1c([2H])c([2H])c3c(c1[2H])C(=O)N(C)C3=O)C(=O)N(C)C2=O. The Morgan fingerprint density at radius 3 is 1.08 bits per heavy atom. The van der Waals surface area contributed by atoms with Gasteiger partial charge in [0.15, 0.2) is 5.78 Å². The minimum absolute atomic E-state index is 0.0634. The average molecular weight is 671 g/mol. The van der Waals surface area contributed by atoms with Crippen LogP contribution in [0.15, 0.2) is 109 Å². The highest BCUT2D eigenvalue weighted by molar-refractivity contribution is 6.24. The standard InChI is InChI=1S/C19H12N2O5.C14H14O.C8H10/c1-20-16(23)11-5-3-9(7-13(11)18(20)25)15(22)10-4-6-12-14(8-10)19(26)21(2)17(12)24;1-11-3-7-13(8-4-11)15-14-9-5-12(2)6-10-14;1-7-3-5-8(2)6-4-7/h3-8H,1-2H3;3-10H,1-2H3;3-6H,1-2H3/i3D,4D,5D,6D,7D,8D;3D,4D,5D,6D,7D,8D,9D,10D;3D,4D,5D,6D. The van der Waals surface area contributed by atoms with Gasteiger partial charge >= 0.3 is 0 Å². The van der Waals surface area contributed by atoms with E-state index in [4.69, 9.17) is 29.4 Å². The van der Waals surface area contributed by atoms with Gasteiger partial charge in [-0.3, -0.25) is 33.8 Å². The zero-order valence-corrected chi connectivity index (χ0v) is 26.8. The molecule has 8 nitrogen and oxygen atoms in total. The van der Waals surface area contributed by atoms with Crippen LogP contribution in [0.1, 0.15) is 104 Å². The van der Waals surface area contributed by atoms with Crippen LogP contribution in [-0.2, 0) is 0 Å². The molecule has 246 valence electrons. The number of hydrogen-bond donors (Lipinski definition) is 0. The van der Waals surface area contributed by atoms with Gasteiger partial charge in [-0.1, -0.05) is 82.7 Å². The number of hydrogen-bond acceptors (Lipinski definition) is 6. The van der Waals surface area contributed by atoms with Crippen molar-refractivity contribution in [1.29, 1.82) is 0 Å². The van der Waals surface area contributed by atoms with Crippen LogP contribution in [-0.4, -0.2) is 53.3 Å². The molecule has 0 aromatic heterocycles. The van der Waals surface area contributed by atoms with E-state index in [0.717, 1.165) is 14.1 Å². The van der Waals surface area contributed by atoms with E-state index in [2.05, 4.69) is 0 Å². The predicted molar refractivity (Wildman–Crippen MR) is 188 cm³/mol. The summed E-state index contributed by atoms with van der Waals surface area (Å²) in [7, 11) is 2.23. The molecule has 0 fully saturated rings. The van der Waals surface area contributed by atoms with Crippen LogP contribution in [0.3, 0.4) is 0 Å². The molecule has 0 saturated heterocycles. The summed E-state index contributed by atoms with van der Waals surface area (Å²) in [6, 6.07) is -7.54. The predicted octanol–water partition coefficient (Wildman–Crippen LogP) is 7.77. The molecule has 0 N–H and O–H groups in total. The van der Waals surface area contributed by atoms with Gasteiger partial charge in [0.05, 0.1) is 46.9 Å². The molecule has 4 amide bonds. The minimum atomic E-state index is -1.31. The average Bonchev–Trinajstić information content (AvgIpc) is 3.67. The van der Waals surface area contributed by atoms with Gasteiger partial charge in [0, 0.05) is 25.2 Å². The summed E-state index contributed by atoms with van der Waals surface area (Å²) < 4.78 is 147. The Kier molecular flexibility index (Phi) is 5.21. The van der Waals surface area contributed by atoms with E-state index in [1.165, 1.54) is 13.8 Å². The van der Waals surface area contributed by atoms with Crippen molar-refractivity contribution < 1.29 is 53.4 Å². The Balaban J connectivity index is 0.000000209. The van der Waals surface area contributed by atoms with Crippen LogP contribution in [0.25, 0.3) is 0 Å². The van der Waals surface area contributed by atoms with Crippen molar-refractivity contribution in [2.45, 2.75) is 27.7 Å². The lowest BCUT2D eigenvalue weighted by molar-refractivity contribution is 0.0678. The maximum absolute atomic E-state index is 13.3. The molecule has 49 heavy (non-hydrogen) atoms. The third-order valence-electron chi connectivity index (χ3n) is 6.69. The number of nitrogens with zero attached hydrogens (tertiary/aromatic N) is 2. The molecule has 0 spiro atoms. The maximum Gasteiger partial charge on any atom is 0.261 e. The van der Waals surface area contributed by atoms with Crippen molar-refractivity contribution in [2.24, 2.45) is 0 Å². The number of rotatable bonds is 4. The Morgan fingerprint density at radius 2 is 0.755 bits per heavy atom. The lowest BCUT2D eigenvalue weighted by Gasteiger charge is -2.05. The molecule has 5 aromatic rings.